The van der Waals surface area contributed by atoms with E-state index in [0.717, 1.165) is 28.6 Å². The Hall–Kier alpha value is -2.36. The van der Waals surface area contributed by atoms with Gasteiger partial charge in [-0.15, -0.1) is 0 Å². The maximum atomic E-state index is 13.0. The lowest BCUT2D eigenvalue weighted by Crippen LogP contribution is -2.09. The summed E-state index contributed by atoms with van der Waals surface area (Å²) in [6.07, 6.45) is 2.73. The minimum atomic E-state index is -0.205. The lowest BCUT2D eigenvalue weighted by Gasteiger charge is -2.19. The molecule has 0 spiro atoms. The molecule has 4 heteroatoms. The molecule has 1 aromatic heterocycles. The van der Waals surface area contributed by atoms with Gasteiger partial charge in [0.15, 0.2) is 0 Å². The highest BCUT2D eigenvalue weighted by molar-refractivity contribution is 5.81. The molecule has 2 N–H and O–H groups in total. The molecule has 2 aromatic carbocycles. The number of hydrogen-bond acceptors (Lipinski definition) is 2. The van der Waals surface area contributed by atoms with Crippen LogP contribution in [0.15, 0.2) is 48.7 Å². The van der Waals surface area contributed by atoms with Crippen molar-refractivity contribution in [3.63, 3.8) is 0 Å². The molecule has 0 aliphatic heterocycles. The van der Waals surface area contributed by atoms with Gasteiger partial charge in [0.2, 0.25) is 0 Å². The summed E-state index contributed by atoms with van der Waals surface area (Å²) in [4.78, 5) is 0. The Morgan fingerprint density at radius 1 is 1.20 bits per heavy atom. The Balaban J connectivity index is 1.84. The van der Waals surface area contributed by atoms with E-state index < -0.39 is 0 Å². The van der Waals surface area contributed by atoms with Crippen molar-refractivity contribution in [2.75, 3.05) is 5.32 Å². The first-order chi connectivity index (χ1) is 9.76. The smallest absolute Gasteiger partial charge is 0.123 e. The summed E-state index contributed by atoms with van der Waals surface area (Å²) in [7, 11) is 0. The second-order valence-electron chi connectivity index (χ2n) is 4.83. The highest BCUT2D eigenvalue weighted by atomic mass is 19.1. The molecule has 1 heterocycles. The van der Waals surface area contributed by atoms with E-state index in [1.807, 2.05) is 24.3 Å². The first kappa shape index (κ1) is 12.7. The van der Waals surface area contributed by atoms with Crippen molar-refractivity contribution >= 4 is 16.6 Å². The highest BCUT2D eigenvalue weighted by Crippen LogP contribution is 2.24. The zero-order valence-corrected chi connectivity index (χ0v) is 11.2. The Bertz CT molecular complexity index is 703. The van der Waals surface area contributed by atoms with Gasteiger partial charge in [-0.25, -0.2) is 4.39 Å². The van der Waals surface area contributed by atoms with Gasteiger partial charge in [-0.05, 0) is 42.3 Å². The zero-order chi connectivity index (χ0) is 13.9. The number of aromatic nitrogens is 2. The molecule has 3 rings (SSSR count). The van der Waals surface area contributed by atoms with Crippen LogP contribution in [0.4, 0.5) is 10.1 Å². The van der Waals surface area contributed by atoms with Crippen molar-refractivity contribution in [3.8, 4) is 0 Å². The number of hydrogen-bond donors (Lipinski definition) is 2. The van der Waals surface area contributed by atoms with Crippen molar-refractivity contribution in [3.05, 3.63) is 60.0 Å². The predicted molar refractivity (Wildman–Crippen MR) is 79.1 cm³/mol. The van der Waals surface area contributed by atoms with Gasteiger partial charge in [0.25, 0.3) is 0 Å². The number of rotatable bonds is 4. The molecule has 0 aliphatic carbocycles. The number of H-pyrrole nitrogens is 1. The Kier molecular flexibility index (Phi) is 3.37. The molecule has 20 heavy (non-hydrogen) atoms. The van der Waals surface area contributed by atoms with Crippen LogP contribution in [-0.4, -0.2) is 10.2 Å². The fraction of sp³-hybridized carbons (Fsp3) is 0.188. The first-order valence-electron chi connectivity index (χ1n) is 6.71. The summed E-state index contributed by atoms with van der Waals surface area (Å²) in [6, 6.07) is 12.9. The van der Waals surface area contributed by atoms with Gasteiger partial charge in [-0.2, -0.15) is 5.10 Å². The average Bonchev–Trinajstić information content (AvgIpc) is 2.93. The van der Waals surface area contributed by atoms with Crippen LogP contribution in [0.25, 0.3) is 10.9 Å². The minimum Gasteiger partial charge on any atom is -0.378 e. The van der Waals surface area contributed by atoms with E-state index in [9.17, 15) is 4.39 Å². The fourth-order valence-corrected chi connectivity index (χ4v) is 2.35. The van der Waals surface area contributed by atoms with E-state index in [-0.39, 0.29) is 11.9 Å². The molecule has 0 aliphatic rings. The van der Waals surface area contributed by atoms with Gasteiger partial charge >= 0.3 is 0 Å². The van der Waals surface area contributed by atoms with Crippen molar-refractivity contribution in [2.24, 2.45) is 0 Å². The number of aromatic amines is 1. The van der Waals surface area contributed by atoms with Gasteiger partial charge in [0.1, 0.15) is 5.82 Å². The first-order valence-corrected chi connectivity index (χ1v) is 6.71. The molecule has 0 fully saturated rings. The summed E-state index contributed by atoms with van der Waals surface area (Å²) in [5.74, 6) is -0.205. The molecule has 3 aromatic rings. The molecular weight excluding hydrogens is 253 g/mol. The van der Waals surface area contributed by atoms with Crippen molar-refractivity contribution in [1.29, 1.82) is 0 Å². The van der Waals surface area contributed by atoms with Crippen LogP contribution in [0.2, 0.25) is 0 Å². The lowest BCUT2D eigenvalue weighted by atomic mass is 10.0. The van der Waals surface area contributed by atoms with Gasteiger partial charge in [-0.3, -0.25) is 5.10 Å². The Morgan fingerprint density at radius 3 is 2.75 bits per heavy atom. The molecule has 102 valence electrons. The van der Waals surface area contributed by atoms with E-state index in [0.29, 0.717) is 0 Å². The second kappa shape index (κ2) is 5.33. The normalized spacial score (nSPS) is 12.5. The maximum absolute atomic E-state index is 13.0. The van der Waals surface area contributed by atoms with Crippen molar-refractivity contribution in [2.45, 2.75) is 19.4 Å². The molecule has 1 atom stereocenters. The van der Waals surface area contributed by atoms with Gasteiger partial charge in [-0.1, -0.05) is 19.1 Å². The van der Waals surface area contributed by atoms with Crippen LogP contribution in [0, 0.1) is 5.82 Å². The largest absolute Gasteiger partial charge is 0.378 e. The van der Waals surface area contributed by atoms with Gasteiger partial charge < -0.3 is 5.32 Å². The van der Waals surface area contributed by atoms with Crippen molar-refractivity contribution < 1.29 is 4.39 Å². The highest BCUT2D eigenvalue weighted by Gasteiger charge is 2.09. The van der Waals surface area contributed by atoms with E-state index in [1.165, 1.54) is 12.1 Å². The summed E-state index contributed by atoms with van der Waals surface area (Å²) >= 11 is 0. The van der Waals surface area contributed by atoms with Crippen LogP contribution in [-0.2, 0) is 0 Å². The number of nitrogens with one attached hydrogen (secondary N) is 2. The van der Waals surface area contributed by atoms with Crippen LogP contribution in [0.1, 0.15) is 24.9 Å². The summed E-state index contributed by atoms with van der Waals surface area (Å²) in [5.41, 5.74) is 3.14. The third-order valence-electron chi connectivity index (χ3n) is 3.46. The predicted octanol–water partition coefficient (Wildman–Crippen LogP) is 4.27. The minimum absolute atomic E-state index is 0.167. The lowest BCUT2D eigenvalue weighted by molar-refractivity contribution is 0.625. The Morgan fingerprint density at radius 2 is 2.00 bits per heavy atom. The summed E-state index contributed by atoms with van der Waals surface area (Å²) < 4.78 is 13.0. The third kappa shape index (κ3) is 2.50. The monoisotopic (exact) mass is 269 g/mol. The topological polar surface area (TPSA) is 40.7 Å². The molecule has 0 amide bonds. The van der Waals surface area contributed by atoms with E-state index in [4.69, 9.17) is 0 Å². The van der Waals surface area contributed by atoms with Crippen molar-refractivity contribution in [1.82, 2.24) is 10.2 Å². The summed E-state index contributed by atoms with van der Waals surface area (Å²) in [6.45, 7) is 2.11. The molecule has 0 saturated heterocycles. The average molecular weight is 269 g/mol. The molecule has 0 radical (unpaired) electrons. The number of anilines is 1. The molecular formula is C16H16FN3. The quantitative estimate of drug-likeness (QED) is 0.742. The number of halogens is 1. The van der Waals surface area contributed by atoms with Gasteiger partial charge in [0, 0.05) is 11.1 Å². The summed E-state index contributed by atoms with van der Waals surface area (Å²) in [5, 5.41) is 11.5. The van der Waals surface area contributed by atoms with Crippen LogP contribution in [0.5, 0.6) is 0 Å². The second-order valence-corrected chi connectivity index (χ2v) is 4.83. The molecule has 0 saturated carbocycles. The van der Waals surface area contributed by atoms with Crippen LogP contribution < -0.4 is 5.32 Å². The van der Waals surface area contributed by atoms with E-state index >= 15 is 0 Å². The molecule has 1 unspecified atom stereocenters. The van der Waals surface area contributed by atoms with E-state index in [2.05, 4.69) is 28.5 Å². The SMILES string of the molecule is CCC(Nc1ccc2[nH]ncc2c1)c1ccc(F)cc1. The van der Waals surface area contributed by atoms with Gasteiger partial charge in [0.05, 0.1) is 17.8 Å². The third-order valence-corrected chi connectivity index (χ3v) is 3.46. The standard InChI is InChI=1S/C16H16FN3/c1-2-15(11-3-5-13(17)6-4-11)19-14-7-8-16-12(9-14)10-18-20-16/h3-10,15,19H,2H2,1H3,(H,18,20). The fourth-order valence-electron chi connectivity index (χ4n) is 2.35. The Labute approximate surface area is 116 Å². The van der Waals surface area contributed by atoms with E-state index in [1.54, 1.807) is 6.20 Å². The van der Waals surface area contributed by atoms with Crippen LogP contribution >= 0.6 is 0 Å². The molecule has 0 bridgehead atoms. The number of nitrogens with zero attached hydrogens (tertiary/aromatic N) is 1. The molecule has 3 nitrogen and oxygen atoms in total. The zero-order valence-electron chi connectivity index (χ0n) is 11.2. The number of fused-ring (bicyclic) bond motifs is 1. The maximum Gasteiger partial charge on any atom is 0.123 e. The number of benzene rings is 2. The van der Waals surface area contributed by atoms with Crippen LogP contribution in [0.3, 0.4) is 0 Å².